The average Bonchev–Trinajstić information content (AvgIpc) is 2.19. The first kappa shape index (κ1) is 8.22. The second-order valence-electron chi connectivity index (χ2n) is 2.97. The van der Waals surface area contributed by atoms with E-state index in [-0.39, 0.29) is 0 Å². The average molecular weight is 176 g/mol. The highest BCUT2D eigenvalue weighted by Crippen LogP contribution is 2.12. The van der Waals surface area contributed by atoms with Crippen molar-refractivity contribution in [2.45, 2.75) is 0 Å². The summed E-state index contributed by atoms with van der Waals surface area (Å²) in [6.45, 7) is 1.26. The molecule has 4 nitrogen and oxygen atoms in total. The van der Waals surface area contributed by atoms with Crippen LogP contribution in [-0.4, -0.2) is 24.7 Å². The Morgan fingerprint density at radius 1 is 1.23 bits per heavy atom. The van der Waals surface area contributed by atoms with Gasteiger partial charge < -0.3 is 4.90 Å². The first-order valence-electron chi connectivity index (χ1n) is 4.17. The van der Waals surface area contributed by atoms with Crippen LogP contribution in [0, 0.1) is 0 Å². The Morgan fingerprint density at radius 2 is 2.00 bits per heavy atom. The van der Waals surface area contributed by atoms with Crippen LogP contribution in [0.25, 0.3) is 0 Å². The largest absolute Gasteiger partial charge is 0.318 e. The van der Waals surface area contributed by atoms with Gasteiger partial charge in [0.25, 0.3) is 0 Å². The van der Waals surface area contributed by atoms with Gasteiger partial charge in [0, 0.05) is 5.69 Å². The lowest BCUT2D eigenvalue weighted by Crippen LogP contribution is -2.45. The minimum Gasteiger partial charge on any atom is -0.318 e. The third-order valence-corrected chi connectivity index (χ3v) is 1.91. The second kappa shape index (κ2) is 3.55. The molecule has 0 unspecified atom stereocenters. The molecule has 2 rings (SSSR count). The van der Waals surface area contributed by atoms with E-state index in [4.69, 9.17) is 5.84 Å². The van der Waals surface area contributed by atoms with E-state index in [2.05, 4.69) is 4.99 Å². The molecule has 0 amide bonds. The Hall–Kier alpha value is -1.39. The molecule has 4 heteroatoms. The van der Waals surface area contributed by atoms with E-state index in [1.807, 2.05) is 41.6 Å². The summed E-state index contributed by atoms with van der Waals surface area (Å²) in [7, 11) is 0. The van der Waals surface area contributed by atoms with Gasteiger partial charge in [0.15, 0.2) is 0 Å². The van der Waals surface area contributed by atoms with Crippen molar-refractivity contribution in [3.8, 4) is 0 Å². The van der Waals surface area contributed by atoms with Gasteiger partial charge in [0.1, 0.15) is 6.67 Å². The minimum absolute atomic E-state index is 0.573. The van der Waals surface area contributed by atoms with Crippen molar-refractivity contribution in [2.75, 3.05) is 18.2 Å². The van der Waals surface area contributed by atoms with E-state index >= 15 is 0 Å². The number of rotatable bonds is 1. The predicted octanol–water partition coefficient (Wildman–Crippen LogP) is 0.626. The summed E-state index contributed by atoms with van der Waals surface area (Å²) in [6, 6.07) is 10.1. The Morgan fingerprint density at radius 3 is 2.69 bits per heavy atom. The first-order valence-corrected chi connectivity index (χ1v) is 4.17. The quantitative estimate of drug-likeness (QED) is 0.638. The normalized spacial score (nSPS) is 17.8. The van der Waals surface area contributed by atoms with Crippen LogP contribution in [0.1, 0.15) is 0 Å². The molecule has 1 heterocycles. The molecule has 0 atom stereocenters. The summed E-state index contributed by atoms with van der Waals surface area (Å²) in [5.41, 5.74) is 1.11. The summed E-state index contributed by atoms with van der Waals surface area (Å²) in [5, 5.41) is 1.66. The fourth-order valence-corrected chi connectivity index (χ4v) is 1.28. The van der Waals surface area contributed by atoms with E-state index in [0.717, 1.165) is 5.69 Å². The van der Waals surface area contributed by atoms with Gasteiger partial charge in [-0.25, -0.2) is 5.01 Å². The Kier molecular flexibility index (Phi) is 2.25. The van der Waals surface area contributed by atoms with Gasteiger partial charge in [0.2, 0.25) is 0 Å². The summed E-state index contributed by atoms with van der Waals surface area (Å²) in [6.07, 6.45) is 1.82. The van der Waals surface area contributed by atoms with Crippen molar-refractivity contribution >= 4 is 12.0 Å². The molecule has 0 saturated carbocycles. The monoisotopic (exact) mass is 176 g/mol. The van der Waals surface area contributed by atoms with Crippen LogP contribution < -0.4 is 10.7 Å². The van der Waals surface area contributed by atoms with Crippen LogP contribution in [-0.2, 0) is 0 Å². The van der Waals surface area contributed by atoms with Gasteiger partial charge in [-0.2, -0.15) is 0 Å². The molecule has 0 aromatic heterocycles. The Balaban J connectivity index is 2.18. The Labute approximate surface area is 77.2 Å². The van der Waals surface area contributed by atoms with Gasteiger partial charge in [-0.05, 0) is 12.1 Å². The van der Waals surface area contributed by atoms with Gasteiger partial charge >= 0.3 is 0 Å². The smallest absolute Gasteiger partial charge is 0.107 e. The molecule has 0 spiro atoms. The second-order valence-corrected chi connectivity index (χ2v) is 2.97. The minimum atomic E-state index is 0.573. The number of anilines is 1. The molecular formula is C9H12N4. The number of nitrogens with zero attached hydrogens (tertiary/aromatic N) is 3. The SMILES string of the molecule is NN1CN=CN(c2ccccc2)C1. The van der Waals surface area contributed by atoms with E-state index in [1.165, 1.54) is 0 Å². The molecule has 13 heavy (non-hydrogen) atoms. The highest BCUT2D eigenvalue weighted by atomic mass is 15.5. The molecule has 1 aliphatic rings. The third-order valence-electron chi connectivity index (χ3n) is 1.91. The molecule has 0 bridgehead atoms. The summed E-state index contributed by atoms with van der Waals surface area (Å²) in [4.78, 5) is 6.12. The van der Waals surface area contributed by atoms with Crippen molar-refractivity contribution in [3.63, 3.8) is 0 Å². The zero-order chi connectivity index (χ0) is 9.10. The Bertz CT molecular complexity index is 296. The lowest BCUT2D eigenvalue weighted by atomic mass is 10.3. The molecule has 0 radical (unpaired) electrons. The van der Waals surface area contributed by atoms with Gasteiger partial charge in [-0.15, -0.1) is 0 Å². The summed E-state index contributed by atoms with van der Waals surface area (Å²) in [5.74, 6) is 5.64. The van der Waals surface area contributed by atoms with Gasteiger partial charge in [0.05, 0.1) is 13.0 Å². The van der Waals surface area contributed by atoms with E-state index in [1.54, 1.807) is 5.01 Å². The number of para-hydroxylation sites is 1. The van der Waals surface area contributed by atoms with Crippen LogP contribution in [0.5, 0.6) is 0 Å². The molecule has 1 aromatic rings. The van der Waals surface area contributed by atoms with Crippen molar-refractivity contribution in [3.05, 3.63) is 30.3 Å². The number of nitrogens with two attached hydrogens (primary N) is 1. The van der Waals surface area contributed by atoms with Crippen molar-refractivity contribution in [2.24, 2.45) is 10.8 Å². The topological polar surface area (TPSA) is 44.9 Å². The summed E-state index contributed by atoms with van der Waals surface area (Å²) < 4.78 is 0. The highest BCUT2D eigenvalue weighted by Gasteiger charge is 2.10. The zero-order valence-electron chi connectivity index (χ0n) is 7.30. The van der Waals surface area contributed by atoms with Crippen molar-refractivity contribution < 1.29 is 0 Å². The van der Waals surface area contributed by atoms with Crippen LogP contribution in [0.15, 0.2) is 35.3 Å². The van der Waals surface area contributed by atoms with Gasteiger partial charge in [-0.3, -0.25) is 10.8 Å². The molecule has 1 aliphatic heterocycles. The maximum absolute atomic E-state index is 5.64. The number of benzene rings is 1. The van der Waals surface area contributed by atoms with Gasteiger partial charge in [-0.1, -0.05) is 18.2 Å². The predicted molar refractivity (Wildman–Crippen MR) is 53.2 cm³/mol. The number of hydrogen-bond acceptors (Lipinski definition) is 4. The lowest BCUT2D eigenvalue weighted by Gasteiger charge is -2.28. The van der Waals surface area contributed by atoms with Crippen molar-refractivity contribution in [1.29, 1.82) is 0 Å². The zero-order valence-corrected chi connectivity index (χ0v) is 7.30. The molecule has 0 aliphatic carbocycles. The van der Waals surface area contributed by atoms with E-state index in [9.17, 15) is 0 Å². The standard InChI is InChI=1S/C9H12N4/c10-13-7-11-6-12(8-13)9-4-2-1-3-5-9/h1-6H,7-8,10H2. The molecule has 0 saturated heterocycles. The highest BCUT2D eigenvalue weighted by molar-refractivity contribution is 5.79. The van der Waals surface area contributed by atoms with E-state index < -0.39 is 0 Å². The molecule has 0 fully saturated rings. The van der Waals surface area contributed by atoms with Crippen molar-refractivity contribution in [1.82, 2.24) is 5.01 Å². The van der Waals surface area contributed by atoms with Crippen LogP contribution in [0.4, 0.5) is 5.69 Å². The lowest BCUT2D eigenvalue weighted by molar-refractivity contribution is 0.294. The number of aliphatic imine (C=N–C) groups is 1. The fourth-order valence-electron chi connectivity index (χ4n) is 1.28. The first-order chi connectivity index (χ1) is 6.36. The van der Waals surface area contributed by atoms with Crippen LogP contribution >= 0.6 is 0 Å². The summed E-state index contributed by atoms with van der Waals surface area (Å²) >= 11 is 0. The van der Waals surface area contributed by atoms with Crippen LogP contribution in [0.2, 0.25) is 0 Å². The van der Waals surface area contributed by atoms with Crippen LogP contribution in [0.3, 0.4) is 0 Å². The molecule has 2 N–H and O–H groups in total. The maximum atomic E-state index is 5.64. The number of hydrogen-bond donors (Lipinski definition) is 1. The fraction of sp³-hybridized carbons (Fsp3) is 0.222. The number of hydrazine groups is 1. The molecule has 68 valence electrons. The molecular weight excluding hydrogens is 164 g/mol. The maximum Gasteiger partial charge on any atom is 0.107 e. The van der Waals surface area contributed by atoms with E-state index in [0.29, 0.717) is 13.3 Å². The molecule has 1 aromatic carbocycles. The third kappa shape index (κ3) is 1.85.